The Bertz CT molecular complexity index is 1380. The summed E-state index contributed by atoms with van der Waals surface area (Å²) in [6.07, 6.45) is 2.96. The summed E-state index contributed by atoms with van der Waals surface area (Å²) in [4.78, 5) is 45.2. The van der Waals surface area contributed by atoms with Gasteiger partial charge in [-0.1, -0.05) is 24.3 Å². The van der Waals surface area contributed by atoms with E-state index in [9.17, 15) is 19.6 Å². The molecule has 0 bridgehead atoms. The number of hydrogen-bond acceptors (Lipinski definition) is 7. The number of nitrogens with zero attached hydrogens (tertiary/aromatic N) is 4. The average molecular weight is 495 g/mol. The molecule has 0 fully saturated rings. The van der Waals surface area contributed by atoms with E-state index in [0.717, 1.165) is 16.9 Å². The molecule has 0 aliphatic carbocycles. The van der Waals surface area contributed by atoms with Crippen molar-refractivity contribution in [3.05, 3.63) is 95.6 Å². The number of rotatable bonds is 8. The number of para-hydroxylation sites is 2. The molecule has 0 radical (unpaired) electrons. The molecule has 186 valence electrons. The number of fused-ring (bicyclic) bond motifs is 1. The first kappa shape index (κ1) is 25.1. The zero-order chi connectivity index (χ0) is 26.4. The van der Waals surface area contributed by atoms with Crippen molar-refractivity contribution in [2.45, 2.75) is 19.4 Å². The summed E-state index contributed by atoms with van der Waals surface area (Å²) in [7, 11) is 3.62. The lowest BCUT2D eigenvalue weighted by atomic mass is 10.1. The number of nitriles is 1. The summed E-state index contributed by atoms with van der Waals surface area (Å²) in [5.41, 5.74) is 3.70. The molecule has 0 saturated carbocycles. The van der Waals surface area contributed by atoms with Crippen molar-refractivity contribution in [1.82, 2.24) is 10.3 Å². The molecule has 1 aromatic heterocycles. The monoisotopic (exact) mass is 494 g/mol. The maximum absolute atomic E-state index is 12.9. The van der Waals surface area contributed by atoms with Crippen LogP contribution in [0.4, 0.5) is 17.1 Å². The summed E-state index contributed by atoms with van der Waals surface area (Å²) >= 11 is 0. The summed E-state index contributed by atoms with van der Waals surface area (Å²) in [6, 6.07) is 20.1. The number of Topliss-reactive ketones (excluding diaryl/α,β-unsaturated/α-hetero) is 1. The van der Waals surface area contributed by atoms with Gasteiger partial charge in [-0.15, -0.1) is 0 Å². The second-order valence-corrected chi connectivity index (χ2v) is 8.51. The van der Waals surface area contributed by atoms with Crippen molar-refractivity contribution in [3.8, 4) is 6.07 Å². The largest absolute Gasteiger partial charge is 0.352 e. The molecule has 2 N–H and O–H groups in total. The van der Waals surface area contributed by atoms with Gasteiger partial charge in [-0.2, -0.15) is 5.26 Å². The van der Waals surface area contributed by atoms with Crippen LogP contribution in [0.5, 0.6) is 0 Å². The van der Waals surface area contributed by atoms with E-state index >= 15 is 0 Å². The van der Waals surface area contributed by atoms with Gasteiger partial charge in [0.05, 0.1) is 11.4 Å². The molecule has 1 aliphatic heterocycles. The van der Waals surface area contributed by atoms with Crippen molar-refractivity contribution in [2.75, 3.05) is 29.2 Å². The van der Waals surface area contributed by atoms with Crippen LogP contribution in [0.25, 0.3) is 0 Å². The van der Waals surface area contributed by atoms with Crippen LogP contribution in [0, 0.1) is 11.3 Å². The van der Waals surface area contributed by atoms with E-state index in [4.69, 9.17) is 0 Å². The molecule has 4 rings (SSSR count). The molecule has 3 aromatic rings. The summed E-state index contributed by atoms with van der Waals surface area (Å²) in [5, 5.41) is 15.3. The second-order valence-electron chi connectivity index (χ2n) is 8.51. The number of ketones is 1. The molecule has 2 amide bonds. The molecule has 0 unspecified atom stereocenters. The predicted octanol–water partition coefficient (Wildman–Crippen LogP) is 3.62. The quantitative estimate of drug-likeness (QED) is 0.363. The molecule has 0 saturated heterocycles. The minimum atomic E-state index is -0.389. The number of benzene rings is 2. The van der Waals surface area contributed by atoms with Crippen LogP contribution < -0.4 is 20.4 Å². The fourth-order valence-electron chi connectivity index (χ4n) is 4.16. The van der Waals surface area contributed by atoms with E-state index in [1.165, 1.54) is 0 Å². The van der Waals surface area contributed by atoms with Crippen LogP contribution in [0.3, 0.4) is 0 Å². The van der Waals surface area contributed by atoms with Crippen molar-refractivity contribution in [1.29, 1.82) is 5.26 Å². The van der Waals surface area contributed by atoms with Gasteiger partial charge in [-0.3, -0.25) is 19.4 Å². The maximum Gasteiger partial charge on any atom is 0.255 e. The normalized spacial score (nSPS) is 12.0. The Morgan fingerprint density at radius 3 is 2.24 bits per heavy atom. The average Bonchev–Trinajstić information content (AvgIpc) is 3.17. The first-order chi connectivity index (χ1) is 17.9. The zero-order valence-corrected chi connectivity index (χ0v) is 20.6. The fraction of sp³-hybridized carbons (Fsp3) is 0.179. The lowest BCUT2D eigenvalue weighted by molar-refractivity contribution is -0.124. The van der Waals surface area contributed by atoms with E-state index in [1.807, 2.05) is 60.3 Å². The number of carbonyl (C=O) groups excluding carboxylic acids is 3. The number of pyridine rings is 1. The Morgan fingerprint density at radius 1 is 0.919 bits per heavy atom. The van der Waals surface area contributed by atoms with Crippen LogP contribution in [-0.4, -0.2) is 36.7 Å². The van der Waals surface area contributed by atoms with Gasteiger partial charge in [0.15, 0.2) is 5.78 Å². The number of anilines is 3. The Labute approximate surface area is 215 Å². The van der Waals surface area contributed by atoms with Gasteiger partial charge in [-0.05, 0) is 42.0 Å². The number of hydrogen-bond donors (Lipinski definition) is 2. The van der Waals surface area contributed by atoms with E-state index < -0.39 is 0 Å². The summed E-state index contributed by atoms with van der Waals surface area (Å²) in [6.45, 7) is 0.235. The van der Waals surface area contributed by atoms with Crippen molar-refractivity contribution in [2.24, 2.45) is 0 Å². The molecule has 0 atom stereocenters. The predicted molar refractivity (Wildman–Crippen MR) is 141 cm³/mol. The van der Waals surface area contributed by atoms with Crippen LogP contribution in [-0.2, 0) is 16.1 Å². The van der Waals surface area contributed by atoms with Gasteiger partial charge in [0, 0.05) is 57.1 Å². The number of aromatic nitrogens is 1. The van der Waals surface area contributed by atoms with E-state index in [-0.39, 0.29) is 42.6 Å². The number of nitrogens with one attached hydrogen (secondary N) is 2. The molecular formula is C28H26N6O3. The zero-order valence-electron chi connectivity index (χ0n) is 20.6. The minimum absolute atomic E-state index is 0.0200. The highest BCUT2D eigenvalue weighted by Gasteiger charge is 2.31. The first-order valence-corrected chi connectivity index (χ1v) is 11.7. The van der Waals surface area contributed by atoms with Gasteiger partial charge in [-0.25, -0.2) is 0 Å². The molecular weight excluding hydrogens is 468 g/mol. The molecule has 9 heteroatoms. The Balaban J connectivity index is 1.32. The number of carbonyl (C=O) groups is 3. The fourth-order valence-corrected chi connectivity index (χ4v) is 4.16. The van der Waals surface area contributed by atoms with Gasteiger partial charge in [0.25, 0.3) is 5.91 Å². The van der Waals surface area contributed by atoms with E-state index in [1.54, 1.807) is 42.7 Å². The number of allylic oxidation sites excluding steroid dienone is 1. The Morgan fingerprint density at radius 2 is 1.59 bits per heavy atom. The third kappa shape index (κ3) is 5.65. The smallest absolute Gasteiger partial charge is 0.255 e. The van der Waals surface area contributed by atoms with E-state index in [0.29, 0.717) is 17.1 Å². The van der Waals surface area contributed by atoms with Gasteiger partial charge < -0.3 is 20.4 Å². The third-order valence-corrected chi connectivity index (χ3v) is 6.05. The highest BCUT2D eigenvalue weighted by Crippen LogP contribution is 2.40. The standard InChI is InChI=1S/C28H26N6O3/c1-33-23-8-3-4-9-24(23)34(2)28(33)22(17-29)25(35)10-11-26(36)31-18-19-6-5-7-21(16-19)32-27(37)20-12-14-30-15-13-20/h3-9,12-16H,10-11,18H2,1-2H3,(H,31,36)(H,32,37). The Kier molecular flexibility index (Phi) is 7.59. The second kappa shape index (κ2) is 11.2. The maximum atomic E-state index is 12.9. The van der Waals surface area contributed by atoms with E-state index in [2.05, 4.69) is 15.6 Å². The minimum Gasteiger partial charge on any atom is -0.352 e. The van der Waals surface area contributed by atoms with Crippen LogP contribution in [0.15, 0.2) is 84.5 Å². The van der Waals surface area contributed by atoms with Crippen LogP contribution in [0.2, 0.25) is 0 Å². The molecule has 37 heavy (non-hydrogen) atoms. The van der Waals surface area contributed by atoms with Gasteiger partial charge >= 0.3 is 0 Å². The van der Waals surface area contributed by atoms with Gasteiger partial charge in [0.2, 0.25) is 5.91 Å². The number of amides is 2. The molecule has 1 aliphatic rings. The SMILES string of the molecule is CN1C(=C(C#N)C(=O)CCC(=O)NCc2cccc(NC(=O)c3ccncc3)c2)N(C)c2ccccc21. The van der Waals surface area contributed by atoms with Crippen LogP contribution >= 0.6 is 0 Å². The van der Waals surface area contributed by atoms with Crippen molar-refractivity contribution < 1.29 is 14.4 Å². The third-order valence-electron chi connectivity index (χ3n) is 6.05. The van der Waals surface area contributed by atoms with Crippen molar-refractivity contribution in [3.63, 3.8) is 0 Å². The highest BCUT2D eigenvalue weighted by molar-refractivity contribution is 6.04. The lowest BCUT2D eigenvalue weighted by Gasteiger charge is -2.19. The molecule has 0 spiro atoms. The molecule has 2 heterocycles. The topological polar surface area (TPSA) is 118 Å². The first-order valence-electron chi connectivity index (χ1n) is 11.7. The highest BCUT2D eigenvalue weighted by atomic mass is 16.2. The van der Waals surface area contributed by atoms with Gasteiger partial charge in [0.1, 0.15) is 17.5 Å². The molecule has 2 aromatic carbocycles. The van der Waals surface area contributed by atoms with Crippen LogP contribution in [0.1, 0.15) is 28.8 Å². The lowest BCUT2D eigenvalue weighted by Crippen LogP contribution is -2.27. The van der Waals surface area contributed by atoms with Crippen molar-refractivity contribution >= 4 is 34.7 Å². The Hall–Kier alpha value is -4.97. The summed E-state index contributed by atoms with van der Waals surface area (Å²) in [5.74, 6) is -0.454. The summed E-state index contributed by atoms with van der Waals surface area (Å²) < 4.78 is 0. The molecule has 9 nitrogen and oxygen atoms in total.